The number of hydrogen-bond donors (Lipinski definition) is 0. The van der Waals surface area contributed by atoms with Gasteiger partial charge in [-0.25, -0.2) is 0 Å². The zero-order valence-corrected chi connectivity index (χ0v) is 16.4. The molecule has 1 fully saturated rings. The fourth-order valence-corrected chi connectivity index (χ4v) is 3.40. The van der Waals surface area contributed by atoms with Crippen molar-refractivity contribution in [2.24, 2.45) is 0 Å². The molecule has 1 aromatic carbocycles. The number of rotatable bonds is 6. The van der Waals surface area contributed by atoms with Crippen LogP contribution in [0.3, 0.4) is 0 Å². The highest BCUT2D eigenvalue weighted by atomic mass is 16.6. The molecule has 10 heteroatoms. The minimum Gasteiger partial charge on any atom is -0.337 e. The predicted octanol–water partition coefficient (Wildman–Crippen LogP) is 2.49. The average molecular weight is 397 g/mol. The minimum atomic E-state index is -0.432. The Labute approximate surface area is 167 Å². The van der Waals surface area contributed by atoms with Gasteiger partial charge in [-0.05, 0) is 13.8 Å². The van der Waals surface area contributed by atoms with Gasteiger partial charge in [0.1, 0.15) is 12.4 Å². The van der Waals surface area contributed by atoms with Crippen molar-refractivity contribution in [3.05, 3.63) is 58.2 Å². The van der Waals surface area contributed by atoms with Crippen molar-refractivity contribution in [1.29, 1.82) is 0 Å². The summed E-state index contributed by atoms with van der Waals surface area (Å²) < 4.78 is 7.12. The third-order valence-electron chi connectivity index (χ3n) is 5.24. The monoisotopic (exact) mass is 397 g/mol. The summed E-state index contributed by atoms with van der Waals surface area (Å²) in [5.74, 6) is 1.21. The van der Waals surface area contributed by atoms with Gasteiger partial charge >= 0.3 is 5.69 Å². The zero-order chi connectivity index (χ0) is 20.4. The first-order valence-corrected chi connectivity index (χ1v) is 9.53. The molecule has 3 heterocycles. The third kappa shape index (κ3) is 4.33. The van der Waals surface area contributed by atoms with Crippen LogP contribution in [-0.2, 0) is 6.67 Å². The molecule has 3 aromatic rings. The van der Waals surface area contributed by atoms with Crippen LogP contribution in [0.1, 0.15) is 24.4 Å². The summed E-state index contributed by atoms with van der Waals surface area (Å²) in [6.07, 6.45) is 2.74. The maximum atomic E-state index is 10.8. The van der Waals surface area contributed by atoms with Gasteiger partial charge in [0, 0.05) is 31.7 Å². The number of piperazine rings is 1. The molecule has 2 aromatic heterocycles. The summed E-state index contributed by atoms with van der Waals surface area (Å²) in [5.41, 5.74) is 2.14. The average Bonchev–Trinajstić information content (AvgIpc) is 3.39. The highest BCUT2D eigenvalue weighted by Crippen LogP contribution is 2.24. The Kier molecular flexibility index (Phi) is 5.36. The molecule has 0 aliphatic carbocycles. The summed E-state index contributed by atoms with van der Waals surface area (Å²) in [7, 11) is 0. The second kappa shape index (κ2) is 8.10. The van der Waals surface area contributed by atoms with E-state index in [0.29, 0.717) is 18.4 Å². The van der Waals surface area contributed by atoms with Gasteiger partial charge in [0.15, 0.2) is 0 Å². The van der Waals surface area contributed by atoms with Gasteiger partial charge in [-0.15, -0.1) is 0 Å². The van der Waals surface area contributed by atoms with Crippen molar-refractivity contribution in [2.75, 3.05) is 26.2 Å². The van der Waals surface area contributed by atoms with Crippen LogP contribution < -0.4 is 0 Å². The third-order valence-corrected chi connectivity index (χ3v) is 5.24. The van der Waals surface area contributed by atoms with Gasteiger partial charge in [-0.1, -0.05) is 35.0 Å². The Bertz CT molecular complexity index is 974. The van der Waals surface area contributed by atoms with Gasteiger partial charge in [0.2, 0.25) is 11.7 Å². The topological polar surface area (TPSA) is 106 Å². The standard InChI is InChI=1S/C19H23N7O3/c1-14-3-5-16(6-4-14)18-21-19(29-22-18)15(2)24-9-7-23(8-10-24)13-25-12-17(11-20-25)26(27)28/h3-6,11-12,15H,7-10,13H2,1-2H3. The van der Waals surface area contributed by atoms with E-state index in [0.717, 1.165) is 31.7 Å². The second-order valence-corrected chi connectivity index (χ2v) is 7.29. The molecule has 1 atom stereocenters. The molecule has 0 spiro atoms. The Morgan fingerprint density at radius 3 is 2.59 bits per heavy atom. The van der Waals surface area contributed by atoms with Gasteiger partial charge in [0.05, 0.1) is 17.6 Å². The van der Waals surface area contributed by atoms with E-state index in [9.17, 15) is 10.1 Å². The van der Waals surface area contributed by atoms with Crippen LogP contribution in [0.15, 0.2) is 41.2 Å². The first-order valence-electron chi connectivity index (χ1n) is 9.53. The maximum absolute atomic E-state index is 10.8. The highest BCUT2D eigenvalue weighted by Gasteiger charge is 2.26. The number of nitrogens with zero attached hydrogens (tertiary/aromatic N) is 7. The summed E-state index contributed by atoms with van der Waals surface area (Å²) >= 11 is 0. The molecule has 152 valence electrons. The number of aryl methyl sites for hydroxylation is 1. The molecule has 10 nitrogen and oxygen atoms in total. The molecule has 0 radical (unpaired) electrons. The van der Waals surface area contributed by atoms with Gasteiger partial charge < -0.3 is 4.52 Å². The van der Waals surface area contributed by atoms with Crippen LogP contribution in [-0.4, -0.2) is 60.8 Å². The van der Waals surface area contributed by atoms with Gasteiger partial charge in [0.25, 0.3) is 0 Å². The van der Waals surface area contributed by atoms with E-state index in [-0.39, 0.29) is 11.7 Å². The molecular formula is C19H23N7O3. The van der Waals surface area contributed by atoms with Gasteiger partial charge in [-0.3, -0.25) is 24.6 Å². The SMILES string of the molecule is Cc1ccc(-c2noc(C(C)N3CCN(Cn4cc([N+](=O)[O-])cn4)CC3)n2)cc1. The first-order chi connectivity index (χ1) is 14.0. The lowest BCUT2D eigenvalue weighted by molar-refractivity contribution is -0.385. The molecule has 1 aliphatic rings. The molecule has 1 unspecified atom stereocenters. The van der Waals surface area contributed by atoms with Crippen molar-refractivity contribution in [2.45, 2.75) is 26.6 Å². The highest BCUT2D eigenvalue weighted by molar-refractivity contribution is 5.54. The molecule has 1 aliphatic heterocycles. The molecule has 0 bridgehead atoms. The van der Waals surface area contributed by atoms with E-state index in [4.69, 9.17) is 4.52 Å². The lowest BCUT2D eigenvalue weighted by Gasteiger charge is -2.36. The Morgan fingerprint density at radius 2 is 1.93 bits per heavy atom. The van der Waals surface area contributed by atoms with Crippen molar-refractivity contribution < 1.29 is 9.45 Å². The fourth-order valence-electron chi connectivity index (χ4n) is 3.40. The normalized spacial score (nSPS) is 16.8. The van der Waals surface area contributed by atoms with E-state index in [1.807, 2.05) is 31.2 Å². The Hall–Kier alpha value is -3.11. The molecular weight excluding hydrogens is 374 g/mol. The Morgan fingerprint density at radius 1 is 1.21 bits per heavy atom. The smallest absolute Gasteiger partial charge is 0.307 e. The largest absolute Gasteiger partial charge is 0.337 e. The first kappa shape index (κ1) is 19.2. The molecule has 1 saturated heterocycles. The van der Waals surface area contributed by atoms with Crippen LogP contribution in [0, 0.1) is 17.0 Å². The van der Waals surface area contributed by atoms with Crippen LogP contribution in [0.5, 0.6) is 0 Å². The van der Waals surface area contributed by atoms with E-state index < -0.39 is 4.92 Å². The number of benzene rings is 1. The van der Waals surface area contributed by atoms with Crippen molar-refractivity contribution in [3.63, 3.8) is 0 Å². The molecule has 0 N–H and O–H groups in total. The molecule has 0 saturated carbocycles. The lowest BCUT2D eigenvalue weighted by Crippen LogP contribution is -2.47. The summed E-state index contributed by atoms with van der Waals surface area (Å²) in [4.78, 5) is 19.4. The van der Waals surface area contributed by atoms with Gasteiger partial charge in [-0.2, -0.15) is 10.1 Å². The maximum Gasteiger partial charge on any atom is 0.307 e. The van der Waals surface area contributed by atoms with Crippen molar-refractivity contribution in [1.82, 2.24) is 29.7 Å². The number of aromatic nitrogens is 4. The van der Waals surface area contributed by atoms with Crippen LogP contribution >= 0.6 is 0 Å². The van der Waals surface area contributed by atoms with Crippen LogP contribution in [0.25, 0.3) is 11.4 Å². The van der Waals surface area contributed by atoms with Crippen LogP contribution in [0.2, 0.25) is 0 Å². The number of hydrogen-bond acceptors (Lipinski definition) is 8. The lowest BCUT2D eigenvalue weighted by atomic mass is 10.1. The quantitative estimate of drug-likeness (QED) is 0.461. The molecule has 0 amide bonds. The predicted molar refractivity (Wildman–Crippen MR) is 105 cm³/mol. The van der Waals surface area contributed by atoms with Crippen molar-refractivity contribution in [3.8, 4) is 11.4 Å². The summed E-state index contributed by atoms with van der Waals surface area (Å²) in [6, 6.07) is 8.07. The summed E-state index contributed by atoms with van der Waals surface area (Å²) in [5, 5.41) is 19.0. The van der Waals surface area contributed by atoms with E-state index in [1.165, 1.54) is 18.0 Å². The second-order valence-electron chi connectivity index (χ2n) is 7.29. The van der Waals surface area contributed by atoms with E-state index >= 15 is 0 Å². The van der Waals surface area contributed by atoms with Crippen molar-refractivity contribution >= 4 is 5.69 Å². The van der Waals surface area contributed by atoms with E-state index in [1.54, 1.807) is 4.68 Å². The summed E-state index contributed by atoms with van der Waals surface area (Å²) in [6.45, 7) is 7.99. The number of nitro groups is 1. The zero-order valence-electron chi connectivity index (χ0n) is 16.4. The fraction of sp³-hybridized carbons (Fsp3) is 0.421. The Balaban J connectivity index is 1.33. The van der Waals surface area contributed by atoms with E-state index in [2.05, 4.69) is 32.0 Å². The minimum absolute atomic E-state index is 0.0121. The molecule has 29 heavy (non-hydrogen) atoms. The van der Waals surface area contributed by atoms with Crippen LogP contribution in [0.4, 0.5) is 5.69 Å². The molecule has 4 rings (SSSR count).